The van der Waals surface area contributed by atoms with Gasteiger partial charge in [-0.15, -0.1) is 0 Å². The van der Waals surface area contributed by atoms with Crippen molar-refractivity contribution in [2.24, 2.45) is 11.3 Å². The van der Waals surface area contributed by atoms with E-state index in [1.54, 1.807) is 0 Å². The van der Waals surface area contributed by atoms with Gasteiger partial charge < -0.3 is 5.32 Å². The van der Waals surface area contributed by atoms with Gasteiger partial charge in [-0.25, -0.2) is 0 Å². The summed E-state index contributed by atoms with van der Waals surface area (Å²) in [4.78, 5) is 2.81. The van der Waals surface area contributed by atoms with Crippen molar-refractivity contribution >= 4 is 0 Å². The van der Waals surface area contributed by atoms with Crippen LogP contribution >= 0.6 is 0 Å². The predicted molar refractivity (Wildman–Crippen MR) is 62.9 cm³/mol. The zero-order valence-corrected chi connectivity index (χ0v) is 9.97. The van der Waals surface area contributed by atoms with Gasteiger partial charge in [-0.05, 0) is 50.1 Å². The van der Waals surface area contributed by atoms with Gasteiger partial charge in [0.05, 0.1) is 0 Å². The van der Waals surface area contributed by atoms with Crippen LogP contribution in [0.2, 0.25) is 0 Å². The number of hydrogen-bond acceptors (Lipinski definition) is 2. The Balaban J connectivity index is 1.63. The maximum atomic E-state index is 3.52. The molecule has 2 aliphatic heterocycles. The van der Waals surface area contributed by atoms with Gasteiger partial charge in [0.15, 0.2) is 0 Å². The predicted octanol–water partition coefficient (Wildman–Crippen LogP) is 1.86. The Bertz CT molecular complexity index is 233. The normalized spacial score (nSPS) is 46.2. The maximum Gasteiger partial charge on any atom is 0.0124 e. The lowest BCUT2D eigenvalue weighted by atomic mass is 9.89. The molecule has 3 aliphatic rings. The smallest absolute Gasteiger partial charge is 0.0124 e. The molecule has 0 spiro atoms. The van der Waals surface area contributed by atoms with Gasteiger partial charge in [0.1, 0.15) is 0 Å². The summed E-state index contributed by atoms with van der Waals surface area (Å²) < 4.78 is 0. The van der Waals surface area contributed by atoms with E-state index in [0.29, 0.717) is 5.41 Å². The Morgan fingerprint density at radius 1 is 1.33 bits per heavy atom. The zero-order valence-electron chi connectivity index (χ0n) is 9.97. The second-order valence-corrected chi connectivity index (χ2v) is 6.25. The number of rotatable bonds is 2. The molecule has 2 saturated heterocycles. The third kappa shape index (κ3) is 1.83. The molecule has 3 fully saturated rings. The topological polar surface area (TPSA) is 15.3 Å². The van der Waals surface area contributed by atoms with Crippen LogP contribution < -0.4 is 5.32 Å². The van der Waals surface area contributed by atoms with Crippen molar-refractivity contribution in [3.63, 3.8) is 0 Å². The van der Waals surface area contributed by atoms with E-state index in [9.17, 15) is 0 Å². The maximum absolute atomic E-state index is 3.52. The molecular weight excluding hydrogens is 184 g/mol. The minimum Gasteiger partial charge on any atom is -0.316 e. The third-order valence-electron chi connectivity index (χ3n) is 4.92. The van der Waals surface area contributed by atoms with Gasteiger partial charge in [-0.3, -0.25) is 4.90 Å². The third-order valence-corrected chi connectivity index (χ3v) is 4.92. The molecule has 3 unspecified atom stereocenters. The van der Waals surface area contributed by atoms with Gasteiger partial charge in [0.2, 0.25) is 0 Å². The van der Waals surface area contributed by atoms with Crippen molar-refractivity contribution in [2.45, 2.75) is 45.1 Å². The highest BCUT2D eigenvalue weighted by molar-refractivity contribution is 4.95. The molecular formula is C13H24N2. The fourth-order valence-electron chi connectivity index (χ4n) is 4.02. The van der Waals surface area contributed by atoms with Crippen LogP contribution in [0.25, 0.3) is 0 Å². The Morgan fingerprint density at radius 3 is 3.07 bits per heavy atom. The summed E-state index contributed by atoms with van der Waals surface area (Å²) in [6.45, 7) is 7.67. The summed E-state index contributed by atoms with van der Waals surface area (Å²) in [5, 5.41) is 3.52. The minimum atomic E-state index is 0.567. The van der Waals surface area contributed by atoms with Crippen LogP contribution in [0, 0.1) is 11.3 Å². The van der Waals surface area contributed by atoms with Gasteiger partial charge in [0, 0.05) is 19.1 Å². The van der Waals surface area contributed by atoms with Crippen LogP contribution in [0.15, 0.2) is 0 Å². The molecule has 0 aromatic carbocycles. The molecule has 15 heavy (non-hydrogen) atoms. The van der Waals surface area contributed by atoms with Gasteiger partial charge in [-0.1, -0.05) is 13.3 Å². The average molecular weight is 208 g/mol. The molecule has 3 atom stereocenters. The first-order chi connectivity index (χ1) is 7.27. The standard InChI is InChI=1S/C13H24N2/c1-13(6-7-14-9-13)10-15-8-5-11-3-2-4-12(11)15/h11-12,14H,2-10H2,1H3. The van der Waals surface area contributed by atoms with Crippen molar-refractivity contribution in [2.75, 3.05) is 26.2 Å². The molecule has 2 heteroatoms. The van der Waals surface area contributed by atoms with E-state index < -0.39 is 0 Å². The van der Waals surface area contributed by atoms with Crippen molar-refractivity contribution in [3.05, 3.63) is 0 Å². The number of nitrogens with zero attached hydrogens (tertiary/aromatic N) is 1. The van der Waals surface area contributed by atoms with Crippen molar-refractivity contribution in [3.8, 4) is 0 Å². The monoisotopic (exact) mass is 208 g/mol. The Morgan fingerprint density at radius 2 is 2.27 bits per heavy atom. The van der Waals surface area contributed by atoms with E-state index in [-0.39, 0.29) is 0 Å². The fraction of sp³-hybridized carbons (Fsp3) is 1.00. The summed E-state index contributed by atoms with van der Waals surface area (Å²) >= 11 is 0. The number of nitrogens with one attached hydrogen (secondary N) is 1. The summed E-state index contributed by atoms with van der Waals surface area (Å²) in [5.74, 6) is 1.06. The van der Waals surface area contributed by atoms with E-state index in [1.165, 1.54) is 58.3 Å². The van der Waals surface area contributed by atoms with E-state index in [1.807, 2.05) is 0 Å². The van der Waals surface area contributed by atoms with Gasteiger partial charge in [0.25, 0.3) is 0 Å². The van der Waals surface area contributed by atoms with E-state index in [2.05, 4.69) is 17.1 Å². The molecule has 0 amide bonds. The molecule has 1 saturated carbocycles. The highest BCUT2D eigenvalue weighted by Crippen LogP contribution is 2.39. The Kier molecular flexibility index (Phi) is 2.52. The van der Waals surface area contributed by atoms with Crippen molar-refractivity contribution < 1.29 is 0 Å². The lowest BCUT2D eigenvalue weighted by Gasteiger charge is -2.32. The molecule has 1 aliphatic carbocycles. The Labute approximate surface area is 93.4 Å². The first kappa shape index (κ1) is 10.1. The lowest BCUT2D eigenvalue weighted by Crippen LogP contribution is -2.40. The second-order valence-electron chi connectivity index (χ2n) is 6.25. The van der Waals surface area contributed by atoms with Crippen LogP contribution in [0.5, 0.6) is 0 Å². The van der Waals surface area contributed by atoms with Crippen molar-refractivity contribution in [1.29, 1.82) is 0 Å². The molecule has 0 aromatic rings. The number of fused-ring (bicyclic) bond motifs is 1. The Hall–Kier alpha value is -0.0800. The highest BCUT2D eigenvalue weighted by atomic mass is 15.2. The number of likely N-dealkylation sites (tertiary alicyclic amines) is 1. The van der Waals surface area contributed by atoms with Crippen molar-refractivity contribution in [1.82, 2.24) is 10.2 Å². The average Bonchev–Trinajstić information content (AvgIpc) is 2.85. The molecule has 2 nitrogen and oxygen atoms in total. The van der Waals surface area contributed by atoms with Crippen LogP contribution in [0.1, 0.15) is 39.0 Å². The first-order valence-corrected chi connectivity index (χ1v) is 6.72. The largest absolute Gasteiger partial charge is 0.316 e. The van der Waals surface area contributed by atoms with Crippen LogP contribution in [-0.4, -0.2) is 37.1 Å². The van der Waals surface area contributed by atoms with E-state index in [0.717, 1.165) is 12.0 Å². The molecule has 3 rings (SSSR count). The van der Waals surface area contributed by atoms with E-state index >= 15 is 0 Å². The molecule has 86 valence electrons. The molecule has 2 heterocycles. The second kappa shape index (κ2) is 3.74. The van der Waals surface area contributed by atoms with E-state index in [4.69, 9.17) is 0 Å². The van der Waals surface area contributed by atoms with Gasteiger partial charge in [-0.2, -0.15) is 0 Å². The number of hydrogen-bond donors (Lipinski definition) is 1. The summed E-state index contributed by atoms with van der Waals surface area (Å²) in [6, 6.07) is 0.961. The summed E-state index contributed by atoms with van der Waals surface area (Å²) in [7, 11) is 0. The molecule has 0 radical (unpaired) electrons. The summed E-state index contributed by atoms with van der Waals surface area (Å²) in [5.41, 5.74) is 0.567. The van der Waals surface area contributed by atoms with Crippen LogP contribution in [0.3, 0.4) is 0 Å². The summed E-state index contributed by atoms with van der Waals surface area (Å²) in [6.07, 6.45) is 7.33. The first-order valence-electron chi connectivity index (χ1n) is 6.72. The zero-order chi connectivity index (χ0) is 10.3. The molecule has 0 bridgehead atoms. The quantitative estimate of drug-likeness (QED) is 0.745. The SMILES string of the molecule is CC1(CN2CCC3CCCC32)CCNC1. The van der Waals surface area contributed by atoms with Gasteiger partial charge >= 0.3 is 0 Å². The fourth-order valence-corrected chi connectivity index (χ4v) is 4.02. The molecule has 1 N–H and O–H groups in total. The highest BCUT2D eigenvalue weighted by Gasteiger charge is 2.40. The van der Waals surface area contributed by atoms with Crippen LogP contribution in [-0.2, 0) is 0 Å². The minimum absolute atomic E-state index is 0.567. The lowest BCUT2D eigenvalue weighted by molar-refractivity contribution is 0.158. The molecule has 0 aromatic heterocycles. The van der Waals surface area contributed by atoms with Crippen LogP contribution in [0.4, 0.5) is 0 Å².